The lowest BCUT2D eigenvalue weighted by atomic mass is 10.1. The second-order valence-corrected chi connectivity index (χ2v) is 15.7. The lowest BCUT2D eigenvalue weighted by Crippen LogP contribution is -2.41. The molecule has 0 saturated carbocycles. The van der Waals surface area contributed by atoms with Crippen LogP contribution in [0.2, 0.25) is 18.1 Å². The molecule has 0 aliphatic carbocycles. The Morgan fingerprint density at radius 1 is 1.16 bits per heavy atom. The predicted molar refractivity (Wildman–Crippen MR) is 143 cm³/mol. The van der Waals surface area contributed by atoms with Gasteiger partial charge in [-0.15, -0.1) is 0 Å². The summed E-state index contributed by atoms with van der Waals surface area (Å²) in [5, 5.41) is 21.6. The summed E-state index contributed by atoms with van der Waals surface area (Å²) in [4.78, 5) is 16.2. The quantitative estimate of drug-likeness (QED) is 0.0877. The van der Waals surface area contributed by atoms with Crippen molar-refractivity contribution in [2.45, 2.75) is 58.0 Å². The number of pyridine rings is 1. The molecule has 0 atom stereocenters. The summed E-state index contributed by atoms with van der Waals surface area (Å²) in [5.74, 6) is -4.14. The van der Waals surface area contributed by atoms with E-state index in [1.54, 1.807) is 0 Å². The first-order valence-corrected chi connectivity index (χ1v) is 15.6. The van der Waals surface area contributed by atoms with Crippen molar-refractivity contribution in [1.82, 2.24) is 9.55 Å². The lowest BCUT2D eigenvalue weighted by Gasteiger charge is -2.36. The van der Waals surface area contributed by atoms with E-state index in [1.165, 1.54) is 18.2 Å². The van der Waals surface area contributed by atoms with E-state index in [1.807, 2.05) is 0 Å². The van der Waals surface area contributed by atoms with Crippen molar-refractivity contribution in [3.05, 3.63) is 80.7 Å². The van der Waals surface area contributed by atoms with Gasteiger partial charge in [-0.25, -0.2) is 18.2 Å². The summed E-state index contributed by atoms with van der Waals surface area (Å²) < 4.78 is 99.5. The van der Waals surface area contributed by atoms with E-state index in [-0.39, 0.29) is 29.7 Å². The van der Waals surface area contributed by atoms with Crippen LogP contribution < -0.4 is 19.8 Å². The molecule has 0 spiro atoms. The fourth-order valence-corrected chi connectivity index (χ4v) is 4.46. The van der Waals surface area contributed by atoms with Crippen LogP contribution in [0.4, 0.5) is 26.3 Å². The van der Waals surface area contributed by atoms with Gasteiger partial charge in [-0.1, -0.05) is 20.8 Å². The molecule has 0 radical (unpaired) electrons. The van der Waals surface area contributed by atoms with Crippen molar-refractivity contribution in [1.29, 1.82) is 5.26 Å². The van der Waals surface area contributed by atoms with Crippen molar-refractivity contribution in [2.24, 2.45) is 0 Å². The van der Waals surface area contributed by atoms with Crippen molar-refractivity contribution in [3.63, 3.8) is 0 Å². The maximum atomic E-state index is 14.7. The molecule has 3 aromatic rings. The highest BCUT2D eigenvalue weighted by atomic mass is 28.4. The number of ether oxygens (including phenoxy) is 2. The molecule has 232 valence electrons. The molecule has 0 amide bonds. The number of aromatic nitrogens is 3. The number of alkyl halides is 5. The summed E-state index contributed by atoms with van der Waals surface area (Å²) in [6, 6.07) is 4.85. The zero-order chi connectivity index (χ0) is 32.3. The average molecular weight is 631 g/mol. The van der Waals surface area contributed by atoms with Crippen LogP contribution in [0.15, 0.2) is 41.6 Å². The summed E-state index contributed by atoms with van der Waals surface area (Å²) in [7, 11) is -2.01. The number of halogens is 6. The SMILES string of the molecule is CC(C)(C)[Si](C)(C)OCCOc1ccc(Cn2cnc(C(F)(F)F)c(Oc3cc(C(F)F)cc(C#N)c3F)c2=O)[n+]([O-])c1. The van der Waals surface area contributed by atoms with E-state index in [0.717, 1.165) is 6.20 Å². The minimum absolute atomic E-state index is 0.00748. The first kappa shape index (κ1) is 33.4. The van der Waals surface area contributed by atoms with Crippen LogP contribution in [0, 0.1) is 22.4 Å². The maximum absolute atomic E-state index is 14.7. The first-order valence-electron chi connectivity index (χ1n) is 12.7. The number of hydrogen-bond acceptors (Lipinski definition) is 7. The van der Waals surface area contributed by atoms with Crippen LogP contribution in [0.1, 0.15) is 49.7 Å². The van der Waals surface area contributed by atoms with Gasteiger partial charge in [0.25, 0.3) is 12.0 Å². The van der Waals surface area contributed by atoms with Gasteiger partial charge in [-0.2, -0.15) is 23.2 Å². The molecule has 2 aromatic heterocycles. The fourth-order valence-electron chi connectivity index (χ4n) is 3.44. The molecule has 0 aliphatic heterocycles. The number of nitriles is 1. The molecule has 0 bridgehead atoms. The minimum atomic E-state index is -5.27. The normalized spacial score (nSPS) is 12.3. The molecule has 3 rings (SSSR count). The topological polar surface area (TPSA) is 113 Å². The third-order valence-corrected chi connectivity index (χ3v) is 11.4. The minimum Gasteiger partial charge on any atom is -0.618 e. The molecule has 0 aliphatic rings. The Kier molecular flexibility index (Phi) is 9.82. The van der Waals surface area contributed by atoms with E-state index >= 15 is 0 Å². The Labute approximate surface area is 243 Å². The molecule has 16 heteroatoms. The smallest absolute Gasteiger partial charge is 0.437 e. The average Bonchev–Trinajstić information content (AvgIpc) is 2.89. The van der Waals surface area contributed by atoms with Gasteiger partial charge < -0.3 is 19.1 Å². The number of benzene rings is 1. The second kappa shape index (κ2) is 12.6. The molecule has 9 nitrogen and oxygen atoms in total. The van der Waals surface area contributed by atoms with E-state index in [4.69, 9.17) is 19.2 Å². The second-order valence-electron chi connectivity index (χ2n) is 10.9. The Bertz CT molecular complexity index is 1580. The highest BCUT2D eigenvalue weighted by molar-refractivity contribution is 6.74. The molecular formula is C27H28F6N4O5Si. The van der Waals surface area contributed by atoms with Crippen molar-refractivity contribution in [2.75, 3.05) is 13.2 Å². The van der Waals surface area contributed by atoms with E-state index in [9.17, 15) is 36.3 Å². The number of hydrogen-bond donors (Lipinski definition) is 0. The molecule has 43 heavy (non-hydrogen) atoms. The first-order chi connectivity index (χ1) is 19.9. The standard InChI is InChI=1S/C27H28F6N4O5Si/c1-26(2,3)43(4,5)41-9-8-40-19-7-6-18(37(39)14-19)13-36-15-35-23(27(31,32)33)22(25(36)38)42-20-11-16(24(29)30)10-17(12-34)21(20)28/h6-7,10-11,14-15,24H,8-9,13H2,1-5H3. The Balaban J connectivity index is 1.88. The zero-order valence-corrected chi connectivity index (χ0v) is 24.8. The predicted octanol–water partition coefficient (Wildman–Crippen LogP) is 6.09. The molecule has 0 N–H and O–H groups in total. The van der Waals surface area contributed by atoms with Crippen LogP contribution in [0.25, 0.3) is 0 Å². The Hall–Kier alpha value is -4.10. The van der Waals surface area contributed by atoms with Crippen LogP contribution in [-0.4, -0.2) is 31.1 Å². The van der Waals surface area contributed by atoms with E-state index < -0.39 is 67.2 Å². The van der Waals surface area contributed by atoms with Gasteiger partial charge in [0.2, 0.25) is 17.6 Å². The molecule has 1 aromatic carbocycles. The highest BCUT2D eigenvalue weighted by Gasteiger charge is 2.39. The van der Waals surface area contributed by atoms with E-state index in [2.05, 4.69) is 38.8 Å². The lowest BCUT2D eigenvalue weighted by molar-refractivity contribution is -0.614. The molecule has 0 unspecified atom stereocenters. The Morgan fingerprint density at radius 3 is 2.40 bits per heavy atom. The summed E-state index contributed by atoms with van der Waals surface area (Å²) >= 11 is 0. The molecule has 0 saturated heterocycles. The van der Waals surface area contributed by atoms with Gasteiger partial charge in [-0.05, 0) is 36.3 Å². The maximum Gasteiger partial charge on any atom is 0.437 e. The molecule has 0 fully saturated rings. The van der Waals surface area contributed by atoms with Crippen molar-refractivity contribution in [3.8, 4) is 23.3 Å². The summed E-state index contributed by atoms with van der Waals surface area (Å²) in [6.45, 7) is 10.2. The third kappa shape index (κ3) is 7.85. The van der Waals surface area contributed by atoms with Gasteiger partial charge in [-0.3, -0.25) is 9.36 Å². The van der Waals surface area contributed by atoms with Crippen LogP contribution >= 0.6 is 0 Å². The van der Waals surface area contributed by atoms with Crippen LogP contribution in [-0.2, 0) is 17.1 Å². The fraction of sp³-hybridized carbons (Fsp3) is 0.407. The molecular weight excluding hydrogens is 602 g/mol. The van der Waals surface area contributed by atoms with Gasteiger partial charge in [0.05, 0.1) is 18.5 Å². The van der Waals surface area contributed by atoms with Crippen molar-refractivity contribution >= 4 is 8.32 Å². The van der Waals surface area contributed by atoms with E-state index in [0.29, 0.717) is 27.8 Å². The zero-order valence-electron chi connectivity index (χ0n) is 23.8. The van der Waals surface area contributed by atoms with Gasteiger partial charge in [0, 0.05) is 11.6 Å². The number of rotatable bonds is 10. The summed E-state index contributed by atoms with van der Waals surface area (Å²) in [5.41, 5.74) is -5.34. The highest BCUT2D eigenvalue weighted by Crippen LogP contribution is 2.38. The van der Waals surface area contributed by atoms with Crippen molar-refractivity contribution < 1.29 is 45.0 Å². The monoisotopic (exact) mass is 630 g/mol. The number of nitrogens with zero attached hydrogens (tertiary/aromatic N) is 4. The summed E-state index contributed by atoms with van der Waals surface area (Å²) in [6.07, 6.45) is -6.94. The van der Waals surface area contributed by atoms with Gasteiger partial charge in [0.1, 0.15) is 19.2 Å². The van der Waals surface area contributed by atoms with Gasteiger partial charge in [0.15, 0.2) is 31.3 Å². The van der Waals surface area contributed by atoms with Crippen LogP contribution in [0.5, 0.6) is 17.2 Å². The van der Waals surface area contributed by atoms with Crippen LogP contribution in [0.3, 0.4) is 0 Å². The Morgan fingerprint density at radius 2 is 1.84 bits per heavy atom. The van der Waals surface area contributed by atoms with Gasteiger partial charge >= 0.3 is 6.18 Å². The third-order valence-electron chi connectivity index (χ3n) is 6.83. The molecule has 2 heterocycles. The largest absolute Gasteiger partial charge is 0.618 e.